The fourth-order valence-corrected chi connectivity index (χ4v) is 5.09. The second-order valence-corrected chi connectivity index (χ2v) is 9.04. The zero-order valence-electron chi connectivity index (χ0n) is 16.0. The third-order valence-corrected chi connectivity index (χ3v) is 6.60. The number of hydrogen-bond donors (Lipinski definition) is 3. The standard InChI is InChI=1S/C22H22N2O3S2/c1-14-21-17(8-5-9-19(21)25)22(24-14)18-12-15(13-23-29(26)27)10-11-20(18)28-16-6-3-2-4-7-16/h2-4,6-7,10-12,24,29H,5,8-9,13H2,1H3,(H,23,26,27). The maximum atomic E-state index is 12.5. The minimum atomic E-state index is -2.65. The number of ketones is 1. The Morgan fingerprint density at radius 1 is 1.10 bits per heavy atom. The first-order chi connectivity index (χ1) is 14.0. The molecule has 5 nitrogen and oxygen atoms in total. The van der Waals surface area contributed by atoms with Gasteiger partial charge in [-0.25, -0.2) is 13.1 Å². The number of aromatic nitrogens is 1. The number of carbonyl (C=O) groups excluding carboxylic acids is 1. The van der Waals surface area contributed by atoms with Crippen LogP contribution in [-0.4, -0.2) is 19.2 Å². The van der Waals surface area contributed by atoms with Crippen LogP contribution in [0, 0.1) is 6.92 Å². The van der Waals surface area contributed by atoms with Crippen molar-refractivity contribution in [2.24, 2.45) is 0 Å². The molecule has 1 heterocycles. The fraction of sp³-hybridized carbons (Fsp3) is 0.227. The van der Waals surface area contributed by atoms with E-state index in [4.69, 9.17) is 0 Å². The third kappa shape index (κ3) is 4.32. The summed E-state index contributed by atoms with van der Waals surface area (Å²) < 4.78 is 24.4. The second kappa shape index (κ2) is 8.57. The van der Waals surface area contributed by atoms with Crippen LogP contribution in [-0.2, 0) is 23.9 Å². The monoisotopic (exact) mass is 426 g/mol. The molecule has 4 rings (SSSR count). The molecule has 0 radical (unpaired) electrons. The molecular formula is C22H22N2O3S2. The van der Waals surface area contributed by atoms with E-state index in [-0.39, 0.29) is 12.3 Å². The Hall–Kier alpha value is -2.35. The zero-order chi connectivity index (χ0) is 20.4. The van der Waals surface area contributed by atoms with E-state index in [9.17, 15) is 13.2 Å². The molecule has 0 bridgehead atoms. The molecule has 0 saturated heterocycles. The first-order valence-corrected chi connectivity index (χ1v) is 11.5. The van der Waals surface area contributed by atoms with Crippen LogP contribution in [0.25, 0.3) is 11.3 Å². The fourth-order valence-electron chi connectivity index (χ4n) is 3.83. The molecule has 1 aromatic heterocycles. The minimum Gasteiger partial charge on any atom is -0.358 e. The SMILES string of the molecule is Cc1[nH]c(-c2cc(CN[SH](=O)=O)ccc2Sc2ccccc2)c2c1C(=O)CCC2. The quantitative estimate of drug-likeness (QED) is 0.514. The van der Waals surface area contributed by atoms with Gasteiger partial charge in [-0.05, 0) is 55.2 Å². The van der Waals surface area contributed by atoms with Crippen molar-refractivity contribution < 1.29 is 13.2 Å². The number of H-pyrrole nitrogens is 1. The number of carbonyl (C=O) groups is 1. The van der Waals surface area contributed by atoms with E-state index < -0.39 is 10.9 Å². The van der Waals surface area contributed by atoms with Crippen LogP contribution < -0.4 is 4.72 Å². The number of aromatic amines is 1. The average Bonchev–Trinajstić information content (AvgIpc) is 3.05. The summed E-state index contributed by atoms with van der Waals surface area (Å²) >= 11 is 1.66. The lowest BCUT2D eigenvalue weighted by Crippen LogP contribution is -2.11. The molecule has 0 amide bonds. The highest BCUT2D eigenvalue weighted by Gasteiger charge is 2.26. The molecule has 0 aliphatic heterocycles. The molecule has 150 valence electrons. The van der Waals surface area contributed by atoms with Gasteiger partial charge in [0.2, 0.25) is 10.9 Å². The summed E-state index contributed by atoms with van der Waals surface area (Å²) in [6, 6.07) is 16.1. The Bertz CT molecular complexity index is 1130. The largest absolute Gasteiger partial charge is 0.358 e. The van der Waals surface area contributed by atoms with Crippen molar-refractivity contribution in [1.29, 1.82) is 0 Å². The van der Waals surface area contributed by atoms with E-state index >= 15 is 0 Å². The molecule has 0 spiro atoms. The van der Waals surface area contributed by atoms with Crippen LogP contribution >= 0.6 is 11.8 Å². The number of fused-ring (bicyclic) bond motifs is 1. The van der Waals surface area contributed by atoms with E-state index in [0.717, 1.165) is 56.3 Å². The Kier molecular flexibility index (Phi) is 5.89. The molecule has 29 heavy (non-hydrogen) atoms. The van der Waals surface area contributed by atoms with Crippen molar-refractivity contribution in [2.45, 2.75) is 42.5 Å². The number of nitrogens with one attached hydrogen (secondary N) is 2. The van der Waals surface area contributed by atoms with Crippen LogP contribution in [0.4, 0.5) is 0 Å². The van der Waals surface area contributed by atoms with Gasteiger partial charge in [0.25, 0.3) is 0 Å². The predicted molar refractivity (Wildman–Crippen MR) is 116 cm³/mol. The Labute approximate surface area is 176 Å². The van der Waals surface area contributed by atoms with Crippen molar-refractivity contribution in [2.75, 3.05) is 0 Å². The molecule has 0 saturated carbocycles. The van der Waals surface area contributed by atoms with Crippen molar-refractivity contribution >= 4 is 28.4 Å². The van der Waals surface area contributed by atoms with Crippen LogP contribution in [0.5, 0.6) is 0 Å². The third-order valence-electron chi connectivity index (χ3n) is 5.10. The van der Waals surface area contributed by atoms with Gasteiger partial charge >= 0.3 is 0 Å². The van der Waals surface area contributed by atoms with Gasteiger partial charge in [0.15, 0.2) is 5.78 Å². The number of aryl methyl sites for hydroxylation is 1. The van der Waals surface area contributed by atoms with Crippen LogP contribution in [0.1, 0.15) is 40.0 Å². The summed E-state index contributed by atoms with van der Waals surface area (Å²) in [5, 5.41) is 0. The number of rotatable bonds is 6. The van der Waals surface area contributed by atoms with Crippen LogP contribution in [0.3, 0.4) is 0 Å². The van der Waals surface area contributed by atoms with Gasteiger partial charge in [-0.3, -0.25) is 4.79 Å². The number of hydrogen-bond acceptors (Lipinski definition) is 4. The van der Waals surface area contributed by atoms with E-state index in [1.54, 1.807) is 11.8 Å². The van der Waals surface area contributed by atoms with Gasteiger partial charge in [-0.2, -0.15) is 0 Å². The highest BCUT2D eigenvalue weighted by atomic mass is 32.2. The van der Waals surface area contributed by atoms with Gasteiger partial charge in [0.05, 0.1) is 5.69 Å². The van der Waals surface area contributed by atoms with Gasteiger partial charge < -0.3 is 4.98 Å². The zero-order valence-corrected chi connectivity index (χ0v) is 17.7. The number of Topliss-reactive ketones (excluding diaryl/α,β-unsaturated/α-hetero) is 1. The lowest BCUT2D eigenvalue weighted by atomic mass is 9.89. The van der Waals surface area contributed by atoms with Crippen molar-refractivity contribution in [3.8, 4) is 11.3 Å². The van der Waals surface area contributed by atoms with Crippen LogP contribution in [0.15, 0.2) is 58.3 Å². The Balaban J connectivity index is 1.82. The molecule has 3 aromatic rings. The van der Waals surface area contributed by atoms with Crippen molar-refractivity contribution in [1.82, 2.24) is 9.71 Å². The molecule has 7 heteroatoms. The van der Waals surface area contributed by atoms with E-state index in [0.29, 0.717) is 6.42 Å². The first-order valence-electron chi connectivity index (χ1n) is 9.51. The lowest BCUT2D eigenvalue weighted by molar-refractivity contribution is 0.0972. The maximum absolute atomic E-state index is 12.5. The topological polar surface area (TPSA) is 79.0 Å². The van der Waals surface area contributed by atoms with E-state index in [1.807, 2.05) is 43.3 Å². The van der Waals surface area contributed by atoms with Gasteiger partial charge in [0, 0.05) is 39.6 Å². The smallest absolute Gasteiger partial charge is 0.201 e. The molecule has 2 N–H and O–H groups in total. The van der Waals surface area contributed by atoms with Crippen molar-refractivity contribution in [3.63, 3.8) is 0 Å². The highest BCUT2D eigenvalue weighted by Crippen LogP contribution is 2.40. The summed E-state index contributed by atoms with van der Waals surface area (Å²) in [6.07, 6.45) is 2.32. The van der Waals surface area contributed by atoms with Gasteiger partial charge in [0.1, 0.15) is 0 Å². The van der Waals surface area contributed by atoms with E-state index in [1.165, 1.54) is 0 Å². The molecule has 1 aliphatic carbocycles. The molecule has 2 aromatic carbocycles. The maximum Gasteiger partial charge on any atom is 0.201 e. The molecule has 1 aliphatic rings. The van der Waals surface area contributed by atoms with E-state index in [2.05, 4.69) is 21.8 Å². The minimum absolute atomic E-state index is 0.199. The van der Waals surface area contributed by atoms with Gasteiger partial charge in [-0.15, -0.1) is 0 Å². The predicted octanol–water partition coefficient (Wildman–Crippen LogP) is 4.28. The number of thiol groups is 1. The highest BCUT2D eigenvalue weighted by molar-refractivity contribution is 7.99. The summed E-state index contributed by atoms with van der Waals surface area (Å²) in [4.78, 5) is 18.1. The van der Waals surface area contributed by atoms with Gasteiger partial charge in [-0.1, -0.05) is 36.0 Å². The molecule has 0 fully saturated rings. The number of benzene rings is 2. The molecule has 0 atom stereocenters. The lowest BCUT2D eigenvalue weighted by Gasteiger charge is -2.15. The second-order valence-electron chi connectivity index (χ2n) is 7.09. The first kappa shape index (κ1) is 19.9. The Morgan fingerprint density at radius 3 is 2.66 bits per heavy atom. The summed E-state index contributed by atoms with van der Waals surface area (Å²) in [6.45, 7) is 2.19. The molecule has 0 unspecified atom stereocenters. The van der Waals surface area contributed by atoms with Crippen LogP contribution in [0.2, 0.25) is 0 Å². The normalized spacial score (nSPS) is 13.7. The summed E-state index contributed by atoms with van der Waals surface area (Å²) in [7, 11) is -2.65. The Morgan fingerprint density at radius 2 is 1.90 bits per heavy atom. The summed E-state index contributed by atoms with van der Waals surface area (Å²) in [5.41, 5.74) is 5.65. The average molecular weight is 427 g/mol. The van der Waals surface area contributed by atoms with Crippen molar-refractivity contribution in [3.05, 3.63) is 70.9 Å². The molecular weight excluding hydrogens is 404 g/mol. The summed E-state index contributed by atoms with van der Waals surface area (Å²) in [5.74, 6) is 0.199.